The Morgan fingerprint density at radius 3 is 2.57 bits per heavy atom. The van der Waals surface area contributed by atoms with E-state index in [0.717, 1.165) is 4.68 Å². The first-order valence-electron chi connectivity index (χ1n) is 7.01. The normalized spacial score (nSPS) is 11.9. The number of hydrogen-bond acceptors (Lipinski definition) is 6. The third-order valence-electron chi connectivity index (χ3n) is 3.61. The van der Waals surface area contributed by atoms with Crippen LogP contribution in [-0.4, -0.2) is 29.1 Å². The molecule has 1 aromatic carbocycles. The van der Waals surface area contributed by atoms with Gasteiger partial charge in [-0.05, 0) is 26.0 Å². The van der Waals surface area contributed by atoms with Crippen molar-refractivity contribution in [2.75, 3.05) is 5.75 Å². The first kappa shape index (κ1) is 15.4. The number of aromatic nitrogens is 3. The molecule has 0 aliphatic rings. The van der Waals surface area contributed by atoms with Crippen molar-refractivity contribution in [3.05, 3.63) is 52.1 Å². The SMILES string of the molecule is Cc1nn(CCS(=O)(=O)c2ccccc2)c(=O)c2noc(C)c12. The van der Waals surface area contributed by atoms with E-state index in [0.29, 0.717) is 16.8 Å². The molecule has 120 valence electrons. The summed E-state index contributed by atoms with van der Waals surface area (Å²) in [5, 5.41) is 8.50. The summed E-state index contributed by atoms with van der Waals surface area (Å²) < 4.78 is 30.7. The van der Waals surface area contributed by atoms with Gasteiger partial charge in [0.2, 0.25) is 0 Å². The van der Waals surface area contributed by atoms with Crippen molar-refractivity contribution in [2.24, 2.45) is 0 Å². The lowest BCUT2D eigenvalue weighted by Gasteiger charge is -2.07. The Kier molecular flexibility index (Phi) is 3.77. The molecule has 0 N–H and O–H groups in total. The standard InChI is InChI=1S/C15H15N3O4S/c1-10-13-11(2)22-17-14(13)15(19)18(16-10)8-9-23(20,21)12-6-4-3-5-7-12/h3-7H,8-9H2,1-2H3. The largest absolute Gasteiger partial charge is 0.360 e. The van der Waals surface area contributed by atoms with Gasteiger partial charge in [-0.3, -0.25) is 4.79 Å². The van der Waals surface area contributed by atoms with E-state index in [4.69, 9.17) is 4.52 Å². The quantitative estimate of drug-likeness (QED) is 0.717. The summed E-state index contributed by atoms with van der Waals surface area (Å²) in [4.78, 5) is 12.6. The molecule has 0 aliphatic heterocycles. The van der Waals surface area contributed by atoms with E-state index in [9.17, 15) is 13.2 Å². The minimum Gasteiger partial charge on any atom is -0.360 e. The number of benzene rings is 1. The second-order valence-electron chi connectivity index (χ2n) is 5.21. The fourth-order valence-electron chi connectivity index (χ4n) is 2.45. The van der Waals surface area contributed by atoms with Crippen molar-refractivity contribution in [3.63, 3.8) is 0 Å². The number of fused-ring (bicyclic) bond motifs is 1. The number of rotatable bonds is 4. The molecule has 2 aromatic heterocycles. The van der Waals surface area contributed by atoms with Gasteiger partial charge in [-0.25, -0.2) is 13.1 Å². The van der Waals surface area contributed by atoms with Gasteiger partial charge in [-0.15, -0.1) is 0 Å². The Balaban J connectivity index is 1.94. The number of hydrogen-bond donors (Lipinski definition) is 0. The van der Waals surface area contributed by atoms with E-state index in [1.807, 2.05) is 0 Å². The molecule has 3 rings (SSSR count). The summed E-state index contributed by atoms with van der Waals surface area (Å²) in [6.07, 6.45) is 0. The summed E-state index contributed by atoms with van der Waals surface area (Å²) in [6, 6.07) is 8.12. The third-order valence-corrected chi connectivity index (χ3v) is 5.32. The summed E-state index contributed by atoms with van der Waals surface area (Å²) in [5.41, 5.74) is 0.299. The van der Waals surface area contributed by atoms with Crippen molar-refractivity contribution in [1.29, 1.82) is 0 Å². The maximum absolute atomic E-state index is 12.3. The first-order valence-corrected chi connectivity index (χ1v) is 8.67. The molecule has 8 heteroatoms. The maximum Gasteiger partial charge on any atom is 0.296 e. The van der Waals surface area contributed by atoms with Gasteiger partial charge in [0.15, 0.2) is 15.4 Å². The van der Waals surface area contributed by atoms with E-state index in [2.05, 4.69) is 10.3 Å². The van der Waals surface area contributed by atoms with E-state index < -0.39 is 15.4 Å². The van der Waals surface area contributed by atoms with Gasteiger partial charge in [-0.2, -0.15) is 5.10 Å². The molecule has 0 aliphatic carbocycles. The summed E-state index contributed by atoms with van der Waals surface area (Å²) >= 11 is 0. The molecule has 3 aromatic rings. The highest BCUT2D eigenvalue weighted by Gasteiger charge is 2.18. The Morgan fingerprint density at radius 1 is 1.17 bits per heavy atom. The molecule has 0 saturated heterocycles. The van der Waals surface area contributed by atoms with Gasteiger partial charge in [0.1, 0.15) is 5.76 Å². The Bertz CT molecular complexity index is 1020. The summed E-state index contributed by atoms with van der Waals surface area (Å²) in [6.45, 7) is 3.39. The molecule has 23 heavy (non-hydrogen) atoms. The van der Waals surface area contributed by atoms with Crippen LogP contribution in [0.15, 0.2) is 44.5 Å². The van der Waals surface area contributed by atoms with Gasteiger partial charge < -0.3 is 4.52 Å². The Morgan fingerprint density at radius 2 is 1.87 bits per heavy atom. The number of aryl methyl sites for hydroxylation is 3. The van der Waals surface area contributed by atoms with E-state index in [1.54, 1.807) is 32.0 Å². The number of sulfone groups is 1. The summed E-state index contributed by atoms with van der Waals surface area (Å²) in [5.74, 6) is 0.303. The minimum atomic E-state index is -3.48. The lowest BCUT2D eigenvalue weighted by atomic mass is 10.2. The zero-order valence-electron chi connectivity index (χ0n) is 12.7. The van der Waals surface area contributed by atoms with Gasteiger partial charge in [0.05, 0.1) is 28.3 Å². The highest BCUT2D eigenvalue weighted by Crippen LogP contribution is 2.16. The molecular weight excluding hydrogens is 318 g/mol. The van der Waals surface area contributed by atoms with Crippen molar-refractivity contribution >= 4 is 20.7 Å². The van der Waals surface area contributed by atoms with Crippen LogP contribution in [0.1, 0.15) is 11.5 Å². The van der Waals surface area contributed by atoms with Gasteiger partial charge in [-0.1, -0.05) is 23.4 Å². The van der Waals surface area contributed by atoms with Crippen molar-refractivity contribution in [1.82, 2.24) is 14.9 Å². The van der Waals surface area contributed by atoms with Crippen LogP contribution >= 0.6 is 0 Å². The molecule has 0 radical (unpaired) electrons. The van der Waals surface area contributed by atoms with Crippen LogP contribution in [0, 0.1) is 13.8 Å². The fraction of sp³-hybridized carbons (Fsp3) is 0.267. The van der Waals surface area contributed by atoms with E-state index in [1.165, 1.54) is 12.1 Å². The Hall–Kier alpha value is -2.48. The highest BCUT2D eigenvalue weighted by atomic mass is 32.2. The second kappa shape index (κ2) is 5.62. The lowest BCUT2D eigenvalue weighted by Crippen LogP contribution is -2.27. The van der Waals surface area contributed by atoms with E-state index >= 15 is 0 Å². The van der Waals surface area contributed by atoms with Crippen LogP contribution in [0.4, 0.5) is 0 Å². The molecule has 0 fully saturated rings. The van der Waals surface area contributed by atoms with E-state index in [-0.39, 0.29) is 22.7 Å². The predicted molar refractivity (Wildman–Crippen MR) is 84.0 cm³/mol. The fourth-order valence-corrected chi connectivity index (χ4v) is 3.67. The molecular formula is C15H15N3O4S. The monoisotopic (exact) mass is 333 g/mol. The zero-order chi connectivity index (χ0) is 16.6. The molecule has 0 bridgehead atoms. The second-order valence-corrected chi connectivity index (χ2v) is 7.32. The van der Waals surface area contributed by atoms with Crippen molar-refractivity contribution in [2.45, 2.75) is 25.3 Å². The van der Waals surface area contributed by atoms with Crippen LogP contribution in [-0.2, 0) is 16.4 Å². The average Bonchev–Trinajstić information content (AvgIpc) is 2.93. The van der Waals surface area contributed by atoms with Crippen LogP contribution in [0.25, 0.3) is 10.9 Å². The van der Waals surface area contributed by atoms with Crippen molar-refractivity contribution < 1.29 is 12.9 Å². The zero-order valence-corrected chi connectivity index (χ0v) is 13.5. The Labute approximate surface area is 132 Å². The lowest BCUT2D eigenvalue weighted by molar-refractivity contribution is 0.405. The molecule has 0 amide bonds. The molecule has 2 heterocycles. The van der Waals surface area contributed by atoms with Crippen LogP contribution in [0.3, 0.4) is 0 Å². The highest BCUT2D eigenvalue weighted by molar-refractivity contribution is 7.91. The molecule has 0 saturated carbocycles. The maximum atomic E-state index is 12.3. The number of nitrogens with zero attached hydrogens (tertiary/aromatic N) is 3. The van der Waals surface area contributed by atoms with Crippen LogP contribution in [0.2, 0.25) is 0 Å². The van der Waals surface area contributed by atoms with Gasteiger partial charge in [0, 0.05) is 0 Å². The molecule has 0 atom stereocenters. The smallest absolute Gasteiger partial charge is 0.296 e. The molecule has 0 spiro atoms. The topological polar surface area (TPSA) is 95.1 Å². The van der Waals surface area contributed by atoms with Gasteiger partial charge in [0.25, 0.3) is 5.56 Å². The minimum absolute atomic E-state index is 0.0429. The third kappa shape index (κ3) is 2.77. The average molecular weight is 333 g/mol. The molecule has 0 unspecified atom stereocenters. The first-order chi connectivity index (χ1) is 10.9. The van der Waals surface area contributed by atoms with Gasteiger partial charge >= 0.3 is 0 Å². The molecule has 7 nitrogen and oxygen atoms in total. The van der Waals surface area contributed by atoms with Crippen LogP contribution in [0.5, 0.6) is 0 Å². The summed E-state index contributed by atoms with van der Waals surface area (Å²) in [7, 11) is -3.48. The van der Waals surface area contributed by atoms with Crippen LogP contribution < -0.4 is 5.56 Å². The van der Waals surface area contributed by atoms with Crippen molar-refractivity contribution in [3.8, 4) is 0 Å². The predicted octanol–water partition coefficient (Wildman–Crippen LogP) is 1.48.